The number of aryl methyl sites for hydroxylation is 1. The van der Waals surface area contributed by atoms with Crippen molar-refractivity contribution in [2.24, 2.45) is 0 Å². The van der Waals surface area contributed by atoms with Gasteiger partial charge in [-0.25, -0.2) is 19.0 Å². The molecule has 0 fully saturated rings. The molecule has 32 heavy (non-hydrogen) atoms. The lowest BCUT2D eigenvalue weighted by atomic mass is 9.95. The maximum Gasteiger partial charge on any atom is 0.276 e. The first-order chi connectivity index (χ1) is 15.6. The van der Waals surface area contributed by atoms with Crippen molar-refractivity contribution >= 4 is 11.6 Å². The van der Waals surface area contributed by atoms with Gasteiger partial charge in [0, 0.05) is 28.7 Å². The van der Waals surface area contributed by atoms with Gasteiger partial charge in [-0.3, -0.25) is 4.79 Å². The summed E-state index contributed by atoms with van der Waals surface area (Å²) >= 11 is 0. The van der Waals surface area contributed by atoms with Crippen molar-refractivity contribution in [2.75, 3.05) is 5.32 Å². The predicted molar refractivity (Wildman–Crippen MR) is 120 cm³/mol. The smallest absolute Gasteiger partial charge is 0.276 e. The number of amides is 1. The number of carbonyl (C=O) groups is 1. The fraction of sp³-hybridized carbons (Fsp3) is 0.200. The molecule has 0 atom stereocenters. The average Bonchev–Trinajstić information content (AvgIpc) is 3.20. The lowest BCUT2D eigenvalue weighted by Crippen LogP contribution is -2.15. The van der Waals surface area contributed by atoms with Crippen LogP contribution in [0.1, 0.15) is 40.4 Å². The Kier molecular flexibility index (Phi) is 5.23. The number of halogens is 1. The number of aromatic nitrogens is 4. The second-order valence-corrected chi connectivity index (χ2v) is 7.89. The zero-order valence-corrected chi connectivity index (χ0v) is 17.7. The first-order valence-electron chi connectivity index (χ1n) is 10.7. The van der Waals surface area contributed by atoms with Gasteiger partial charge in [0.2, 0.25) is 0 Å². The third kappa shape index (κ3) is 3.89. The summed E-state index contributed by atoms with van der Waals surface area (Å²) in [4.78, 5) is 21.8. The molecule has 0 aliphatic heterocycles. The third-order valence-electron chi connectivity index (χ3n) is 5.66. The summed E-state index contributed by atoms with van der Waals surface area (Å²) in [5.41, 5.74) is 5.54. The van der Waals surface area contributed by atoms with Crippen LogP contribution in [-0.4, -0.2) is 25.7 Å². The van der Waals surface area contributed by atoms with E-state index >= 15 is 0 Å². The van der Waals surface area contributed by atoms with Crippen LogP contribution in [0, 0.1) is 12.7 Å². The van der Waals surface area contributed by atoms with Crippen molar-refractivity contribution in [1.82, 2.24) is 19.7 Å². The number of nitrogens with one attached hydrogen (secondary N) is 1. The van der Waals surface area contributed by atoms with Gasteiger partial charge < -0.3 is 5.32 Å². The molecule has 0 spiro atoms. The number of benzene rings is 2. The second-order valence-electron chi connectivity index (χ2n) is 7.89. The Bertz CT molecular complexity index is 1300. The van der Waals surface area contributed by atoms with Crippen molar-refractivity contribution in [2.45, 2.75) is 32.6 Å². The quantitative estimate of drug-likeness (QED) is 0.502. The van der Waals surface area contributed by atoms with E-state index < -0.39 is 0 Å². The summed E-state index contributed by atoms with van der Waals surface area (Å²) < 4.78 is 15.2. The Morgan fingerprint density at radius 1 is 1.06 bits per heavy atom. The van der Waals surface area contributed by atoms with Crippen LogP contribution in [0.4, 0.5) is 10.1 Å². The lowest BCUT2D eigenvalue weighted by molar-refractivity contribution is 0.102. The molecule has 2 aromatic carbocycles. The van der Waals surface area contributed by atoms with E-state index in [0.29, 0.717) is 17.2 Å². The van der Waals surface area contributed by atoms with Crippen LogP contribution >= 0.6 is 0 Å². The molecular weight excluding hydrogens is 405 g/mol. The highest BCUT2D eigenvalue weighted by Gasteiger charge is 2.25. The molecule has 0 radical (unpaired) electrons. The molecule has 4 aromatic rings. The molecule has 0 unspecified atom stereocenters. The highest BCUT2D eigenvalue weighted by molar-refractivity contribution is 6.04. The molecule has 5 rings (SSSR count). The largest absolute Gasteiger partial charge is 0.321 e. The van der Waals surface area contributed by atoms with Gasteiger partial charge in [-0.15, -0.1) is 0 Å². The normalized spacial score (nSPS) is 12.9. The van der Waals surface area contributed by atoms with E-state index in [1.165, 1.54) is 12.1 Å². The van der Waals surface area contributed by atoms with Crippen LogP contribution in [0.15, 0.2) is 60.8 Å². The standard InChI is InChI=1S/C25H22FN5O/c1-16-27-14-13-22(28-16)17-5-4-6-19(15-17)29-25(32)24-21-7-2-3-8-23(21)31(30-24)20-11-9-18(26)10-12-20/h4-6,9-15H,2-3,7-8H2,1H3,(H,29,32). The molecule has 1 aliphatic rings. The summed E-state index contributed by atoms with van der Waals surface area (Å²) in [6.45, 7) is 1.84. The van der Waals surface area contributed by atoms with E-state index in [1.54, 1.807) is 23.0 Å². The molecule has 6 nitrogen and oxygen atoms in total. The summed E-state index contributed by atoms with van der Waals surface area (Å²) in [6.07, 6.45) is 5.43. The van der Waals surface area contributed by atoms with Crippen LogP contribution in [-0.2, 0) is 12.8 Å². The molecule has 0 bridgehead atoms. The molecule has 0 saturated carbocycles. The SMILES string of the molecule is Cc1nccc(-c2cccc(NC(=O)c3nn(-c4ccc(F)cc4)c4c3CCCC4)c2)n1. The first kappa shape index (κ1) is 20.1. The molecule has 1 amide bonds. The highest BCUT2D eigenvalue weighted by atomic mass is 19.1. The monoisotopic (exact) mass is 427 g/mol. The Morgan fingerprint density at radius 2 is 1.88 bits per heavy atom. The molecule has 1 N–H and O–H groups in total. The van der Waals surface area contributed by atoms with Gasteiger partial charge in [-0.2, -0.15) is 5.10 Å². The third-order valence-corrected chi connectivity index (χ3v) is 5.66. The van der Waals surface area contributed by atoms with Gasteiger partial charge in [0.15, 0.2) is 5.69 Å². The van der Waals surface area contributed by atoms with E-state index in [-0.39, 0.29) is 11.7 Å². The van der Waals surface area contributed by atoms with Gasteiger partial charge >= 0.3 is 0 Å². The number of hydrogen-bond acceptors (Lipinski definition) is 4. The van der Waals surface area contributed by atoms with Crippen molar-refractivity contribution < 1.29 is 9.18 Å². The minimum atomic E-state index is -0.300. The summed E-state index contributed by atoms with van der Waals surface area (Å²) in [5, 5.41) is 7.63. The lowest BCUT2D eigenvalue weighted by Gasteiger charge is -2.14. The molecule has 160 valence electrons. The molecule has 1 aliphatic carbocycles. The fourth-order valence-corrected chi connectivity index (χ4v) is 4.14. The highest BCUT2D eigenvalue weighted by Crippen LogP contribution is 2.28. The summed E-state index contributed by atoms with van der Waals surface area (Å²) in [5.74, 6) is 0.140. The second kappa shape index (κ2) is 8.34. The molecular formula is C25H22FN5O. The maximum absolute atomic E-state index is 13.4. The molecule has 2 aromatic heterocycles. The average molecular weight is 427 g/mol. The maximum atomic E-state index is 13.4. The van der Waals surface area contributed by atoms with Crippen molar-refractivity contribution in [3.05, 3.63) is 89.4 Å². The zero-order valence-electron chi connectivity index (χ0n) is 17.7. The number of anilines is 1. The fourth-order valence-electron chi connectivity index (χ4n) is 4.14. The molecule has 2 heterocycles. The number of rotatable bonds is 4. The van der Waals surface area contributed by atoms with E-state index in [0.717, 1.165) is 53.9 Å². The summed E-state index contributed by atoms with van der Waals surface area (Å²) in [6, 6.07) is 15.6. The van der Waals surface area contributed by atoms with E-state index in [2.05, 4.69) is 20.4 Å². The van der Waals surface area contributed by atoms with E-state index in [4.69, 9.17) is 0 Å². The number of fused-ring (bicyclic) bond motifs is 1. The van der Waals surface area contributed by atoms with Crippen LogP contribution < -0.4 is 5.32 Å². The molecule has 7 heteroatoms. The predicted octanol–water partition coefficient (Wildman–Crippen LogP) is 4.91. The van der Waals surface area contributed by atoms with Crippen LogP contribution in [0.5, 0.6) is 0 Å². The Balaban J connectivity index is 1.46. The van der Waals surface area contributed by atoms with Crippen LogP contribution in [0.2, 0.25) is 0 Å². The number of nitrogens with zero attached hydrogens (tertiary/aromatic N) is 4. The van der Waals surface area contributed by atoms with Crippen molar-refractivity contribution in [3.8, 4) is 16.9 Å². The van der Waals surface area contributed by atoms with Crippen LogP contribution in [0.3, 0.4) is 0 Å². The van der Waals surface area contributed by atoms with Gasteiger partial charge in [-0.1, -0.05) is 12.1 Å². The van der Waals surface area contributed by atoms with Crippen molar-refractivity contribution in [1.29, 1.82) is 0 Å². The minimum Gasteiger partial charge on any atom is -0.321 e. The Labute approximate surface area is 185 Å². The summed E-state index contributed by atoms with van der Waals surface area (Å²) in [7, 11) is 0. The Hall–Kier alpha value is -3.87. The van der Waals surface area contributed by atoms with Gasteiger partial charge in [0.05, 0.1) is 11.4 Å². The zero-order chi connectivity index (χ0) is 22.1. The number of hydrogen-bond donors (Lipinski definition) is 1. The Morgan fingerprint density at radius 3 is 2.69 bits per heavy atom. The van der Waals surface area contributed by atoms with Crippen molar-refractivity contribution in [3.63, 3.8) is 0 Å². The van der Waals surface area contributed by atoms with Gasteiger partial charge in [-0.05, 0) is 75.1 Å². The molecule has 0 saturated heterocycles. The topological polar surface area (TPSA) is 72.7 Å². The van der Waals surface area contributed by atoms with E-state index in [1.807, 2.05) is 37.3 Å². The van der Waals surface area contributed by atoms with Crippen LogP contribution in [0.25, 0.3) is 16.9 Å². The first-order valence-corrected chi connectivity index (χ1v) is 10.7. The van der Waals surface area contributed by atoms with Gasteiger partial charge in [0.25, 0.3) is 5.91 Å². The van der Waals surface area contributed by atoms with E-state index in [9.17, 15) is 9.18 Å². The minimum absolute atomic E-state index is 0.250. The number of carbonyl (C=O) groups excluding carboxylic acids is 1. The van der Waals surface area contributed by atoms with Gasteiger partial charge in [0.1, 0.15) is 11.6 Å².